The van der Waals surface area contributed by atoms with Gasteiger partial charge in [0.1, 0.15) is 6.04 Å². The number of carboxylic acid groups (broad SMARTS) is 1. The van der Waals surface area contributed by atoms with E-state index >= 15 is 0 Å². The monoisotopic (exact) mass is 236 g/mol. The second-order valence-corrected chi connectivity index (χ2v) is 2.23. The van der Waals surface area contributed by atoms with Crippen molar-refractivity contribution in [3.8, 4) is 0 Å². The molecule has 8 heteroatoms. The van der Waals surface area contributed by atoms with E-state index in [9.17, 15) is 4.79 Å². The topological polar surface area (TPSA) is 184 Å². The van der Waals surface area contributed by atoms with Crippen LogP contribution in [0, 0.1) is 0 Å². The van der Waals surface area contributed by atoms with Crippen LogP contribution in [0.4, 0.5) is 0 Å². The van der Waals surface area contributed by atoms with E-state index < -0.39 is 12.0 Å². The van der Waals surface area contributed by atoms with Crippen LogP contribution in [0.15, 0.2) is 0 Å². The highest BCUT2D eigenvalue weighted by Gasteiger charge is 2.09. The van der Waals surface area contributed by atoms with Gasteiger partial charge in [-0.15, -0.1) is 12.4 Å². The third-order valence-corrected chi connectivity index (χ3v) is 1.29. The van der Waals surface area contributed by atoms with Gasteiger partial charge >= 0.3 is 5.97 Å². The lowest BCUT2D eigenvalue weighted by atomic mass is 10.1. The maximum absolute atomic E-state index is 10.1. The van der Waals surface area contributed by atoms with E-state index in [1.54, 1.807) is 0 Å². The summed E-state index contributed by atoms with van der Waals surface area (Å²) in [6.45, 7) is 0.604. The summed E-state index contributed by atoms with van der Waals surface area (Å²) in [4.78, 5) is 10.1. The van der Waals surface area contributed by atoms with Crippen molar-refractivity contribution >= 4 is 18.4 Å². The van der Waals surface area contributed by atoms with E-state index in [0.717, 1.165) is 12.8 Å². The Balaban J connectivity index is -0.0000000675. The van der Waals surface area contributed by atoms with Gasteiger partial charge < -0.3 is 33.0 Å². The van der Waals surface area contributed by atoms with Crippen LogP contribution in [0.5, 0.6) is 0 Å². The second kappa shape index (κ2) is 18.4. The molecule has 0 aliphatic carbocycles. The Morgan fingerprint density at radius 3 is 1.93 bits per heavy atom. The predicted octanol–water partition coefficient (Wildman–Crippen LogP) is -2.52. The summed E-state index contributed by atoms with van der Waals surface area (Å²) >= 11 is 0. The minimum absolute atomic E-state index is 0. The molecule has 11 N–H and O–H groups in total. The van der Waals surface area contributed by atoms with E-state index in [-0.39, 0.29) is 28.8 Å². The van der Waals surface area contributed by atoms with Crippen LogP contribution in [0.25, 0.3) is 0 Å². The van der Waals surface area contributed by atoms with Crippen molar-refractivity contribution in [2.75, 3.05) is 6.54 Å². The fourth-order valence-corrected chi connectivity index (χ4v) is 0.632. The Morgan fingerprint density at radius 2 is 1.64 bits per heavy atom. The van der Waals surface area contributed by atoms with Crippen LogP contribution in [-0.4, -0.2) is 40.1 Å². The van der Waals surface area contributed by atoms with Gasteiger partial charge in [-0.05, 0) is 19.4 Å². The van der Waals surface area contributed by atoms with Gasteiger partial charge in [-0.25, -0.2) is 0 Å². The number of carboxylic acids is 1. The Kier molecular flexibility index (Phi) is 38.3. The Morgan fingerprint density at radius 1 is 1.21 bits per heavy atom. The van der Waals surface area contributed by atoms with Crippen LogP contribution in [0.2, 0.25) is 0 Å². The standard InChI is InChI=1S/C6H14N2O2.ClH.3H2O/c7-4-2-1-3-5(8)6(9)10;;;;/h5H,1-4,7-8H2,(H,9,10);1H;3*1H2. The molecule has 14 heavy (non-hydrogen) atoms. The number of rotatable bonds is 5. The van der Waals surface area contributed by atoms with Crippen LogP contribution < -0.4 is 11.5 Å². The molecule has 0 spiro atoms. The zero-order valence-electron chi connectivity index (χ0n) is 7.82. The molecule has 0 radical (unpaired) electrons. The number of carbonyl (C=O) groups is 1. The largest absolute Gasteiger partial charge is 0.480 e. The summed E-state index contributed by atoms with van der Waals surface area (Å²) in [6.07, 6.45) is 2.16. The number of unbranched alkanes of at least 4 members (excludes halogenated alkanes) is 1. The lowest BCUT2D eigenvalue weighted by Gasteiger charge is -2.03. The Hall–Kier alpha value is -0.440. The molecular weight excluding hydrogens is 216 g/mol. The maximum atomic E-state index is 10.1. The molecule has 0 heterocycles. The van der Waals surface area contributed by atoms with Crippen molar-refractivity contribution in [3.63, 3.8) is 0 Å². The summed E-state index contributed by atoms with van der Waals surface area (Å²) in [5.74, 6) is -0.933. The van der Waals surface area contributed by atoms with Gasteiger partial charge in [0.25, 0.3) is 0 Å². The van der Waals surface area contributed by atoms with Crippen LogP contribution in [0.1, 0.15) is 19.3 Å². The first-order valence-corrected chi connectivity index (χ1v) is 3.37. The lowest BCUT2D eigenvalue weighted by Crippen LogP contribution is -2.29. The van der Waals surface area contributed by atoms with E-state index in [1.807, 2.05) is 0 Å². The molecule has 0 aliphatic heterocycles. The number of nitrogens with two attached hydrogens (primary N) is 2. The average Bonchev–Trinajstić information content (AvgIpc) is 1.88. The number of hydrogen-bond donors (Lipinski definition) is 3. The van der Waals surface area contributed by atoms with Gasteiger partial charge in [-0.2, -0.15) is 0 Å². The van der Waals surface area contributed by atoms with Crippen LogP contribution in [0.3, 0.4) is 0 Å². The van der Waals surface area contributed by atoms with Crippen molar-refractivity contribution in [1.29, 1.82) is 0 Å². The molecule has 1 unspecified atom stereocenters. The third kappa shape index (κ3) is 17.6. The molecule has 0 aromatic rings. The van der Waals surface area contributed by atoms with Gasteiger partial charge in [-0.1, -0.05) is 6.42 Å². The van der Waals surface area contributed by atoms with Gasteiger partial charge in [0.05, 0.1) is 0 Å². The molecule has 0 rings (SSSR count). The second-order valence-electron chi connectivity index (χ2n) is 2.23. The summed E-state index contributed by atoms with van der Waals surface area (Å²) in [5, 5.41) is 8.33. The van der Waals surface area contributed by atoms with Gasteiger partial charge in [-0.3, -0.25) is 4.79 Å². The molecule has 0 aromatic carbocycles. The zero-order valence-corrected chi connectivity index (χ0v) is 8.64. The van der Waals surface area contributed by atoms with Crippen molar-refractivity contribution in [1.82, 2.24) is 0 Å². The quantitative estimate of drug-likeness (QED) is 0.445. The Bertz CT molecular complexity index is 116. The fourth-order valence-electron chi connectivity index (χ4n) is 0.632. The molecular formula is C6H21ClN2O5. The number of aliphatic carboxylic acids is 1. The minimum atomic E-state index is -0.933. The minimum Gasteiger partial charge on any atom is -0.480 e. The highest BCUT2D eigenvalue weighted by molar-refractivity contribution is 5.85. The molecule has 7 nitrogen and oxygen atoms in total. The first-order valence-electron chi connectivity index (χ1n) is 3.37. The highest BCUT2D eigenvalue weighted by Crippen LogP contribution is 1.96. The molecule has 92 valence electrons. The van der Waals surface area contributed by atoms with Crippen LogP contribution >= 0.6 is 12.4 Å². The predicted molar refractivity (Wildman–Crippen MR) is 56.6 cm³/mol. The van der Waals surface area contributed by atoms with Gasteiger partial charge in [0, 0.05) is 0 Å². The number of hydrogen-bond acceptors (Lipinski definition) is 3. The van der Waals surface area contributed by atoms with Crippen molar-refractivity contribution in [2.45, 2.75) is 25.3 Å². The number of halogens is 1. The van der Waals surface area contributed by atoms with E-state index in [2.05, 4.69) is 0 Å². The molecule has 0 bridgehead atoms. The molecule has 0 saturated carbocycles. The van der Waals surface area contributed by atoms with Crippen molar-refractivity contribution in [3.05, 3.63) is 0 Å². The molecule has 0 aliphatic rings. The molecule has 0 saturated heterocycles. The molecule has 0 amide bonds. The van der Waals surface area contributed by atoms with E-state index in [4.69, 9.17) is 16.6 Å². The molecule has 0 fully saturated rings. The normalized spacial score (nSPS) is 9.29. The van der Waals surface area contributed by atoms with Crippen molar-refractivity contribution < 1.29 is 26.3 Å². The SMILES string of the molecule is Cl.NCCCCC(N)C(=O)O.O.O.O. The third-order valence-electron chi connectivity index (χ3n) is 1.29. The summed E-state index contributed by atoms with van der Waals surface area (Å²) in [6, 6.07) is -0.716. The lowest BCUT2D eigenvalue weighted by molar-refractivity contribution is -0.138. The first kappa shape index (κ1) is 29.2. The van der Waals surface area contributed by atoms with Crippen LogP contribution in [-0.2, 0) is 4.79 Å². The summed E-state index contributed by atoms with van der Waals surface area (Å²) < 4.78 is 0. The molecule has 0 aromatic heterocycles. The zero-order chi connectivity index (χ0) is 7.98. The Labute approximate surface area is 88.8 Å². The average molecular weight is 237 g/mol. The summed E-state index contributed by atoms with van der Waals surface area (Å²) in [5.41, 5.74) is 10.4. The summed E-state index contributed by atoms with van der Waals surface area (Å²) in [7, 11) is 0. The fraction of sp³-hybridized carbons (Fsp3) is 0.833. The van der Waals surface area contributed by atoms with Gasteiger partial charge in [0.15, 0.2) is 0 Å². The highest BCUT2D eigenvalue weighted by atomic mass is 35.5. The van der Waals surface area contributed by atoms with Crippen molar-refractivity contribution in [2.24, 2.45) is 11.5 Å². The van der Waals surface area contributed by atoms with E-state index in [1.165, 1.54) is 0 Å². The molecule has 1 atom stereocenters. The van der Waals surface area contributed by atoms with E-state index in [0.29, 0.717) is 13.0 Å². The first-order chi connectivity index (χ1) is 4.68. The maximum Gasteiger partial charge on any atom is 0.320 e. The smallest absolute Gasteiger partial charge is 0.320 e. The van der Waals surface area contributed by atoms with Gasteiger partial charge in [0.2, 0.25) is 0 Å².